The molecule has 4 aromatic rings. The van der Waals surface area contributed by atoms with Gasteiger partial charge < -0.3 is 31.5 Å². The lowest BCUT2D eigenvalue weighted by Crippen LogP contribution is -2.60. The Morgan fingerprint density at radius 2 is 1.38 bits per heavy atom. The molecule has 0 bridgehead atoms. The van der Waals surface area contributed by atoms with Crippen LogP contribution in [0.2, 0.25) is 0 Å². The van der Waals surface area contributed by atoms with Gasteiger partial charge in [0.2, 0.25) is 17.7 Å². The number of aliphatic carboxylic acids is 1. The quantitative estimate of drug-likeness (QED) is 0.157. The standard InChI is InChI=1S/C38H40N4O6/c1-24(27-12-6-3-7-13-27)34(36(45)40-32(38(47)48)21-25-10-4-2-5-11-25)41-35(44)33-22-28-14-8-9-15-29(28)23-42(33)37(46)31(39)20-26-16-18-30(43)19-17-26/h2-19,24,31-34,43H,20-23,39H2,1H3,(H,40,45)(H,41,44)(H,47,48)/t24-,31-,32-,33-,34-/m0/s1. The molecule has 5 rings (SSSR count). The zero-order chi connectivity index (χ0) is 34.2. The van der Waals surface area contributed by atoms with E-state index in [1.807, 2.05) is 60.7 Å². The summed E-state index contributed by atoms with van der Waals surface area (Å²) in [7, 11) is 0. The van der Waals surface area contributed by atoms with Crippen molar-refractivity contribution in [2.75, 3.05) is 0 Å². The topological polar surface area (TPSA) is 162 Å². The smallest absolute Gasteiger partial charge is 0.326 e. The van der Waals surface area contributed by atoms with Crippen molar-refractivity contribution in [3.63, 3.8) is 0 Å². The molecule has 0 saturated heterocycles. The van der Waals surface area contributed by atoms with Crippen LogP contribution < -0.4 is 16.4 Å². The Balaban J connectivity index is 1.41. The molecule has 0 fully saturated rings. The summed E-state index contributed by atoms with van der Waals surface area (Å²) in [5, 5.41) is 25.2. The number of phenolic OH excluding ortho intramolecular Hbond substituents is 1. The minimum absolute atomic E-state index is 0.0584. The van der Waals surface area contributed by atoms with Crippen LogP contribution in [0.3, 0.4) is 0 Å². The highest BCUT2D eigenvalue weighted by Gasteiger charge is 2.39. The second-order valence-electron chi connectivity index (χ2n) is 12.2. The summed E-state index contributed by atoms with van der Waals surface area (Å²) < 4.78 is 0. The molecule has 0 unspecified atom stereocenters. The van der Waals surface area contributed by atoms with Gasteiger partial charge in [-0.3, -0.25) is 14.4 Å². The average Bonchev–Trinajstić information content (AvgIpc) is 3.10. The van der Waals surface area contributed by atoms with E-state index in [0.717, 1.165) is 27.8 Å². The van der Waals surface area contributed by atoms with Crippen molar-refractivity contribution in [2.24, 2.45) is 5.73 Å². The van der Waals surface area contributed by atoms with Crippen LogP contribution in [0.15, 0.2) is 109 Å². The molecule has 248 valence electrons. The molecule has 5 atom stereocenters. The first-order chi connectivity index (χ1) is 23.1. The molecule has 1 heterocycles. The predicted octanol–water partition coefficient (Wildman–Crippen LogP) is 3.32. The molecular weight excluding hydrogens is 608 g/mol. The van der Waals surface area contributed by atoms with Gasteiger partial charge in [0, 0.05) is 25.3 Å². The van der Waals surface area contributed by atoms with E-state index in [9.17, 15) is 29.4 Å². The van der Waals surface area contributed by atoms with Crippen LogP contribution in [0.5, 0.6) is 5.75 Å². The van der Waals surface area contributed by atoms with Gasteiger partial charge in [0.25, 0.3) is 0 Å². The van der Waals surface area contributed by atoms with Crippen molar-refractivity contribution in [1.82, 2.24) is 15.5 Å². The van der Waals surface area contributed by atoms with E-state index >= 15 is 0 Å². The maximum atomic E-state index is 14.2. The van der Waals surface area contributed by atoms with Gasteiger partial charge in [-0.05, 0) is 46.4 Å². The molecule has 0 saturated carbocycles. The number of phenols is 1. The lowest BCUT2D eigenvalue weighted by atomic mass is 9.90. The van der Waals surface area contributed by atoms with Crippen molar-refractivity contribution in [3.8, 4) is 5.75 Å². The Labute approximate surface area is 279 Å². The van der Waals surface area contributed by atoms with Crippen LogP contribution in [-0.2, 0) is 45.0 Å². The normalized spacial score (nSPS) is 16.5. The molecule has 1 aliphatic heterocycles. The lowest BCUT2D eigenvalue weighted by molar-refractivity contribution is -0.144. The molecule has 48 heavy (non-hydrogen) atoms. The second-order valence-corrected chi connectivity index (χ2v) is 12.2. The Hall–Kier alpha value is -5.48. The number of amides is 3. The van der Waals surface area contributed by atoms with Gasteiger partial charge in [-0.1, -0.05) is 104 Å². The fourth-order valence-electron chi connectivity index (χ4n) is 6.10. The maximum Gasteiger partial charge on any atom is 0.326 e. The zero-order valence-corrected chi connectivity index (χ0v) is 26.7. The number of benzene rings is 4. The summed E-state index contributed by atoms with van der Waals surface area (Å²) in [6.07, 6.45) is 0.460. The first-order valence-corrected chi connectivity index (χ1v) is 15.9. The number of nitrogens with two attached hydrogens (primary N) is 1. The highest BCUT2D eigenvalue weighted by Crippen LogP contribution is 2.26. The van der Waals surface area contributed by atoms with E-state index in [4.69, 9.17) is 5.73 Å². The Morgan fingerprint density at radius 1 is 0.792 bits per heavy atom. The predicted molar refractivity (Wildman–Crippen MR) is 181 cm³/mol. The van der Waals surface area contributed by atoms with Gasteiger partial charge in [-0.15, -0.1) is 0 Å². The molecule has 0 spiro atoms. The van der Waals surface area contributed by atoms with Crippen LogP contribution in [-0.4, -0.2) is 63.0 Å². The summed E-state index contributed by atoms with van der Waals surface area (Å²) >= 11 is 0. The lowest BCUT2D eigenvalue weighted by Gasteiger charge is -2.38. The molecule has 10 heteroatoms. The van der Waals surface area contributed by atoms with Crippen LogP contribution in [0.1, 0.15) is 40.7 Å². The fraction of sp³-hybridized carbons (Fsp3) is 0.263. The number of fused-ring (bicyclic) bond motifs is 1. The Morgan fingerprint density at radius 3 is 2.02 bits per heavy atom. The number of carbonyl (C=O) groups excluding carboxylic acids is 3. The van der Waals surface area contributed by atoms with Gasteiger partial charge in [-0.25, -0.2) is 4.79 Å². The number of carboxylic acid groups (broad SMARTS) is 1. The molecule has 6 N–H and O–H groups in total. The summed E-state index contributed by atoms with van der Waals surface area (Å²) in [6, 6.07) is 27.8. The first-order valence-electron chi connectivity index (χ1n) is 15.9. The second kappa shape index (κ2) is 15.4. The van der Waals surface area contributed by atoms with Gasteiger partial charge in [0.05, 0.1) is 6.04 Å². The van der Waals surface area contributed by atoms with Gasteiger partial charge in [0.15, 0.2) is 0 Å². The van der Waals surface area contributed by atoms with Gasteiger partial charge >= 0.3 is 5.97 Å². The molecule has 0 radical (unpaired) electrons. The largest absolute Gasteiger partial charge is 0.508 e. The Kier molecular flexibility index (Phi) is 10.9. The van der Waals surface area contributed by atoms with E-state index in [0.29, 0.717) is 0 Å². The third kappa shape index (κ3) is 8.26. The van der Waals surface area contributed by atoms with Gasteiger partial charge in [-0.2, -0.15) is 0 Å². The highest BCUT2D eigenvalue weighted by atomic mass is 16.4. The summed E-state index contributed by atoms with van der Waals surface area (Å²) in [6.45, 7) is 1.94. The van der Waals surface area contributed by atoms with E-state index < -0.39 is 53.8 Å². The number of hydrogen-bond donors (Lipinski definition) is 5. The van der Waals surface area contributed by atoms with E-state index in [-0.39, 0.29) is 31.6 Å². The third-order valence-corrected chi connectivity index (χ3v) is 8.85. The van der Waals surface area contributed by atoms with E-state index in [1.165, 1.54) is 17.0 Å². The molecule has 4 aromatic carbocycles. The van der Waals surface area contributed by atoms with Gasteiger partial charge in [0.1, 0.15) is 23.9 Å². The summed E-state index contributed by atoms with van der Waals surface area (Å²) in [5.41, 5.74) is 10.5. The zero-order valence-electron chi connectivity index (χ0n) is 26.7. The van der Waals surface area contributed by atoms with Crippen molar-refractivity contribution >= 4 is 23.7 Å². The van der Waals surface area contributed by atoms with E-state index in [2.05, 4.69) is 10.6 Å². The van der Waals surface area contributed by atoms with Crippen molar-refractivity contribution in [3.05, 3.63) is 137 Å². The minimum Gasteiger partial charge on any atom is -0.508 e. The number of nitrogens with zero attached hydrogens (tertiary/aromatic N) is 1. The molecule has 0 aromatic heterocycles. The molecule has 3 amide bonds. The first kappa shape index (κ1) is 33.9. The fourth-order valence-corrected chi connectivity index (χ4v) is 6.10. The maximum absolute atomic E-state index is 14.2. The molecular formula is C38H40N4O6. The summed E-state index contributed by atoms with van der Waals surface area (Å²) in [5.74, 6) is -3.27. The Bertz CT molecular complexity index is 1730. The molecule has 10 nitrogen and oxygen atoms in total. The number of nitrogens with one attached hydrogen (secondary N) is 2. The van der Waals surface area contributed by atoms with Crippen LogP contribution >= 0.6 is 0 Å². The van der Waals surface area contributed by atoms with Crippen molar-refractivity contribution in [1.29, 1.82) is 0 Å². The molecule has 0 aliphatic carbocycles. The monoisotopic (exact) mass is 648 g/mol. The average molecular weight is 649 g/mol. The number of carboxylic acids is 1. The van der Waals surface area contributed by atoms with Crippen LogP contribution in [0.25, 0.3) is 0 Å². The number of rotatable bonds is 12. The minimum atomic E-state index is -1.24. The van der Waals surface area contributed by atoms with Crippen molar-refractivity contribution in [2.45, 2.75) is 62.8 Å². The number of hydrogen-bond acceptors (Lipinski definition) is 6. The molecule has 1 aliphatic rings. The van der Waals surface area contributed by atoms with Crippen LogP contribution in [0.4, 0.5) is 0 Å². The number of aromatic hydroxyl groups is 1. The third-order valence-electron chi connectivity index (χ3n) is 8.85. The summed E-state index contributed by atoms with van der Waals surface area (Å²) in [4.78, 5) is 55.8. The van der Waals surface area contributed by atoms with E-state index in [1.54, 1.807) is 43.3 Å². The number of carbonyl (C=O) groups is 4. The van der Waals surface area contributed by atoms with Crippen LogP contribution in [0, 0.1) is 0 Å². The highest BCUT2D eigenvalue weighted by molar-refractivity contribution is 5.95. The SMILES string of the molecule is C[C@@H](c1ccccc1)[C@H](NC(=O)[C@@H]1Cc2ccccc2CN1C(=O)[C@@H](N)Cc1ccc(O)cc1)C(=O)N[C@@H](Cc1ccccc1)C(=O)O. The van der Waals surface area contributed by atoms with Crippen molar-refractivity contribution < 1.29 is 29.4 Å².